The van der Waals surface area contributed by atoms with Crippen LogP contribution < -0.4 is 11.1 Å². The topological polar surface area (TPSA) is 55.1 Å². The molecule has 17 heavy (non-hydrogen) atoms. The number of benzene rings is 1. The summed E-state index contributed by atoms with van der Waals surface area (Å²) in [6, 6.07) is 7.77. The van der Waals surface area contributed by atoms with Gasteiger partial charge in [-0.1, -0.05) is 37.0 Å². The van der Waals surface area contributed by atoms with Crippen LogP contribution in [0.1, 0.15) is 30.9 Å². The molecule has 0 bridgehead atoms. The predicted octanol–water partition coefficient (Wildman–Crippen LogP) is 1.41. The van der Waals surface area contributed by atoms with Crippen molar-refractivity contribution in [3.05, 3.63) is 35.4 Å². The highest BCUT2D eigenvalue weighted by atomic mass is 16.1. The molecule has 0 aliphatic carbocycles. The van der Waals surface area contributed by atoms with E-state index in [1.54, 1.807) is 0 Å². The second kappa shape index (κ2) is 7.48. The molecule has 0 fully saturated rings. The third kappa shape index (κ3) is 4.71. The van der Waals surface area contributed by atoms with Crippen LogP contribution in [0.25, 0.3) is 0 Å². The minimum absolute atomic E-state index is 0.0779. The van der Waals surface area contributed by atoms with Gasteiger partial charge in [-0.15, -0.1) is 0 Å². The van der Waals surface area contributed by atoms with E-state index in [2.05, 4.69) is 17.2 Å². The molecule has 1 amide bonds. The van der Waals surface area contributed by atoms with Gasteiger partial charge in [0.1, 0.15) is 0 Å². The summed E-state index contributed by atoms with van der Waals surface area (Å²) in [6.07, 6.45) is 1.43. The van der Waals surface area contributed by atoms with Crippen molar-refractivity contribution < 1.29 is 4.79 Å². The maximum atomic E-state index is 11.4. The van der Waals surface area contributed by atoms with E-state index in [0.717, 1.165) is 17.5 Å². The van der Waals surface area contributed by atoms with Crippen molar-refractivity contribution in [3.8, 4) is 11.8 Å². The summed E-state index contributed by atoms with van der Waals surface area (Å²) in [6.45, 7) is 2.85. The molecule has 0 aliphatic rings. The molecule has 3 N–H and O–H groups in total. The van der Waals surface area contributed by atoms with E-state index in [9.17, 15) is 4.79 Å². The van der Waals surface area contributed by atoms with Crippen molar-refractivity contribution in [1.82, 2.24) is 5.32 Å². The smallest absolute Gasteiger partial charge is 0.220 e. The van der Waals surface area contributed by atoms with Crippen molar-refractivity contribution in [1.29, 1.82) is 0 Å². The molecule has 1 aromatic carbocycles. The van der Waals surface area contributed by atoms with Crippen molar-refractivity contribution in [2.75, 3.05) is 6.54 Å². The number of nitrogens with two attached hydrogens (primary N) is 1. The molecule has 0 saturated heterocycles. The maximum Gasteiger partial charge on any atom is 0.220 e. The Bertz CT molecular complexity index is 429. The molecule has 1 aromatic rings. The molecule has 1 rings (SSSR count). The fourth-order valence-corrected chi connectivity index (χ4v) is 1.45. The first kappa shape index (κ1) is 13.3. The summed E-state index contributed by atoms with van der Waals surface area (Å²) in [5, 5.41) is 2.88. The Kier molecular flexibility index (Phi) is 5.84. The van der Waals surface area contributed by atoms with Gasteiger partial charge in [0.25, 0.3) is 0 Å². The minimum atomic E-state index is 0.0779. The Labute approximate surface area is 102 Å². The first-order valence-electron chi connectivity index (χ1n) is 5.81. The second-order valence-corrected chi connectivity index (χ2v) is 3.69. The SMILES string of the molecule is CCCC(=O)NCc1ccccc1C#CCN. The number of hydrogen-bond donors (Lipinski definition) is 2. The molecule has 0 radical (unpaired) electrons. The Hall–Kier alpha value is -1.79. The molecule has 0 spiro atoms. The highest BCUT2D eigenvalue weighted by molar-refractivity contribution is 5.75. The standard InChI is InChI=1S/C14H18N2O/c1-2-6-14(17)16-11-13-8-4-3-7-12(13)9-5-10-15/h3-4,7-8H,2,6,10-11,15H2,1H3,(H,16,17). The van der Waals surface area contributed by atoms with Crippen molar-refractivity contribution in [2.24, 2.45) is 5.73 Å². The number of hydrogen-bond acceptors (Lipinski definition) is 2. The van der Waals surface area contributed by atoms with Gasteiger partial charge in [-0.2, -0.15) is 0 Å². The molecule has 0 unspecified atom stereocenters. The van der Waals surface area contributed by atoms with Gasteiger partial charge in [0, 0.05) is 18.5 Å². The van der Waals surface area contributed by atoms with E-state index in [1.165, 1.54) is 0 Å². The Balaban J connectivity index is 2.67. The summed E-state index contributed by atoms with van der Waals surface area (Å²) >= 11 is 0. The summed E-state index contributed by atoms with van der Waals surface area (Å²) in [5.74, 6) is 5.90. The minimum Gasteiger partial charge on any atom is -0.352 e. The summed E-state index contributed by atoms with van der Waals surface area (Å²) in [4.78, 5) is 11.4. The van der Waals surface area contributed by atoms with Crippen molar-refractivity contribution >= 4 is 5.91 Å². The zero-order valence-corrected chi connectivity index (χ0v) is 10.1. The number of nitrogens with one attached hydrogen (secondary N) is 1. The monoisotopic (exact) mass is 230 g/mol. The van der Waals surface area contributed by atoms with Crippen molar-refractivity contribution in [2.45, 2.75) is 26.3 Å². The average Bonchev–Trinajstić information content (AvgIpc) is 2.35. The Morgan fingerprint density at radius 3 is 2.88 bits per heavy atom. The molecule has 0 saturated carbocycles. The molecule has 3 heteroatoms. The fourth-order valence-electron chi connectivity index (χ4n) is 1.45. The van der Waals surface area contributed by atoms with Crippen LogP contribution in [0, 0.1) is 11.8 Å². The zero-order valence-electron chi connectivity index (χ0n) is 10.1. The lowest BCUT2D eigenvalue weighted by Gasteiger charge is -2.06. The van der Waals surface area contributed by atoms with E-state index < -0.39 is 0 Å². The van der Waals surface area contributed by atoms with Crippen LogP contribution in [0.4, 0.5) is 0 Å². The van der Waals surface area contributed by atoms with E-state index in [4.69, 9.17) is 5.73 Å². The van der Waals surface area contributed by atoms with E-state index in [-0.39, 0.29) is 5.91 Å². The number of rotatable bonds is 4. The van der Waals surface area contributed by atoms with Crippen LogP contribution in [0.15, 0.2) is 24.3 Å². The normalized spacial score (nSPS) is 9.29. The predicted molar refractivity (Wildman–Crippen MR) is 69.1 cm³/mol. The fraction of sp³-hybridized carbons (Fsp3) is 0.357. The number of amides is 1. The lowest BCUT2D eigenvalue weighted by molar-refractivity contribution is -0.121. The number of carbonyl (C=O) groups excluding carboxylic acids is 1. The summed E-state index contributed by atoms with van der Waals surface area (Å²) in [7, 11) is 0. The number of carbonyl (C=O) groups is 1. The first-order chi connectivity index (χ1) is 8.27. The lowest BCUT2D eigenvalue weighted by Crippen LogP contribution is -2.22. The van der Waals surface area contributed by atoms with Gasteiger partial charge in [0.05, 0.1) is 6.54 Å². The third-order valence-electron chi connectivity index (χ3n) is 2.30. The van der Waals surface area contributed by atoms with Gasteiger partial charge in [-0.25, -0.2) is 0 Å². The Morgan fingerprint density at radius 1 is 1.41 bits per heavy atom. The van der Waals surface area contributed by atoms with E-state index in [0.29, 0.717) is 19.5 Å². The molecule has 3 nitrogen and oxygen atoms in total. The van der Waals surface area contributed by atoms with Crippen molar-refractivity contribution in [3.63, 3.8) is 0 Å². The molecular formula is C14H18N2O. The van der Waals surface area contributed by atoms with Crippen LogP contribution in [-0.2, 0) is 11.3 Å². The summed E-state index contributed by atoms with van der Waals surface area (Å²) in [5.41, 5.74) is 7.30. The lowest BCUT2D eigenvalue weighted by atomic mass is 10.1. The molecular weight excluding hydrogens is 212 g/mol. The first-order valence-corrected chi connectivity index (χ1v) is 5.81. The van der Waals surface area contributed by atoms with E-state index >= 15 is 0 Å². The highest BCUT2D eigenvalue weighted by Crippen LogP contribution is 2.06. The van der Waals surface area contributed by atoms with Gasteiger partial charge in [-0.3, -0.25) is 4.79 Å². The quantitative estimate of drug-likeness (QED) is 0.768. The van der Waals surface area contributed by atoms with Gasteiger partial charge < -0.3 is 11.1 Å². The molecule has 90 valence electrons. The zero-order chi connectivity index (χ0) is 12.5. The van der Waals surface area contributed by atoms with Gasteiger partial charge in [0.2, 0.25) is 5.91 Å². The van der Waals surface area contributed by atoms with Gasteiger partial charge in [0.15, 0.2) is 0 Å². The van der Waals surface area contributed by atoms with Crippen LogP contribution in [0.3, 0.4) is 0 Å². The highest BCUT2D eigenvalue weighted by Gasteiger charge is 2.02. The van der Waals surface area contributed by atoms with Gasteiger partial charge >= 0.3 is 0 Å². The molecule has 0 aromatic heterocycles. The third-order valence-corrected chi connectivity index (χ3v) is 2.30. The van der Waals surface area contributed by atoms with Crippen LogP contribution in [0.2, 0.25) is 0 Å². The molecule has 0 aliphatic heterocycles. The van der Waals surface area contributed by atoms with Crippen LogP contribution in [-0.4, -0.2) is 12.5 Å². The second-order valence-electron chi connectivity index (χ2n) is 3.69. The molecule has 0 heterocycles. The average molecular weight is 230 g/mol. The van der Waals surface area contributed by atoms with Crippen LogP contribution in [0.5, 0.6) is 0 Å². The molecule has 0 atom stereocenters. The van der Waals surface area contributed by atoms with Gasteiger partial charge in [-0.05, 0) is 18.1 Å². The Morgan fingerprint density at radius 2 is 2.18 bits per heavy atom. The summed E-state index contributed by atoms with van der Waals surface area (Å²) < 4.78 is 0. The van der Waals surface area contributed by atoms with Crippen LogP contribution >= 0.6 is 0 Å². The largest absolute Gasteiger partial charge is 0.352 e. The maximum absolute atomic E-state index is 11.4. The van der Waals surface area contributed by atoms with E-state index in [1.807, 2.05) is 31.2 Å².